The summed E-state index contributed by atoms with van der Waals surface area (Å²) in [4.78, 5) is 0. The van der Waals surface area contributed by atoms with Gasteiger partial charge in [0.25, 0.3) is 0 Å². The quantitative estimate of drug-likeness (QED) is 0.0216. The van der Waals surface area contributed by atoms with Gasteiger partial charge >= 0.3 is 0 Å². The molecule has 51 heavy (non-hydrogen) atoms. The average molecular weight is 745 g/mol. The second kappa shape index (κ2) is 40.5. The zero-order chi connectivity index (χ0) is 39.0. The molecule has 0 bridgehead atoms. The fourth-order valence-electron chi connectivity index (χ4n) is 6.02. The van der Waals surface area contributed by atoms with E-state index in [1.54, 1.807) is 0 Å². The van der Waals surface area contributed by atoms with Crippen molar-refractivity contribution >= 4 is 10.4 Å². The molecule has 0 spiro atoms. The molecule has 0 aromatic heterocycles. The SMILES string of the molecule is CCCCCCCC/C=C\CCCCCCCCC[N+](C)(C)C.CCCCCCCC/C=C\CCCCCCCCC[N+](C)(C)C.O=S(=O)([O-])[O-]. The first kappa shape index (κ1) is 54.6. The fraction of sp³-hybridized carbons (Fsp3) is 0.909. The summed E-state index contributed by atoms with van der Waals surface area (Å²) in [5.41, 5.74) is 0. The van der Waals surface area contributed by atoms with Gasteiger partial charge in [-0.15, -0.1) is 0 Å². The van der Waals surface area contributed by atoms with Crippen LogP contribution in [-0.4, -0.2) is 81.9 Å². The van der Waals surface area contributed by atoms with E-state index in [-0.39, 0.29) is 0 Å². The third kappa shape index (κ3) is 71.4. The van der Waals surface area contributed by atoms with Gasteiger partial charge < -0.3 is 18.1 Å². The Morgan fingerprint density at radius 1 is 0.353 bits per heavy atom. The van der Waals surface area contributed by atoms with Gasteiger partial charge in [0.1, 0.15) is 0 Å². The minimum atomic E-state index is -5.17. The smallest absolute Gasteiger partial charge is 0.0780 e. The third-order valence-electron chi connectivity index (χ3n) is 9.18. The van der Waals surface area contributed by atoms with E-state index in [1.165, 1.54) is 206 Å². The Morgan fingerprint density at radius 3 is 0.725 bits per heavy atom. The Bertz CT molecular complexity index is 767. The second-order valence-corrected chi connectivity index (χ2v) is 17.8. The van der Waals surface area contributed by atoms with Crippen molar-refractivity contribution in [3.63, 3.8) is 0 Å². The van der Waals surface area contributed by atoms with Crippen LogP contribution in [0.3, 0.4) is 0 Å². The van der Waals surface area contributed by atoms with E-state index in [1.807, 2.05) is 0 Å². The summed E-state index contributed by atoms with van der Waals surface area (Å²) in [6, 6.07) is 0. The molecule has 0 unspecified atom stereocenters. The Balaban J connectivity index is -0.000000796. The molecule has 0 radical (unpaired) electrons. The standard InChI is InChI=1S/2C22H46N.H2O4S/c2*1-5-6-7-8-9-10-11-12-13-14-15-16-17-18-19-20-21-22-23(2,3)4;1-5(2,3)4/h2*12-13H,5-11,14-22H2,1-4H3;(H2,1,2,3,4)/q2*+1;/p-2/b2*13-12-;. The number of hydrogen-bond donors (Lipinski definition) is 0. The van der Waals surface area contributed by atoms with E-state index in [0.717, 1.165) is 8.97 Å². The van der Waals surface area contributed by atoms with Crippen molar-refractivity contribution in [2.45, 2.75) is 206 Å². The molecule has 0 saturated heterocycles. The minimum absolute atomic E-state index is 1.12. The Morgan fingerprint density at radius 2 is 0.529 bits per heavy atom. The van der Waals surface area contributed by atoms with E-state index >= 15 is 0 Å². The van der Waals surface area contributed by atoms with Gasteiger partial charge in [0, 0.05) is 10.4 Å². The summed E-state index contributed by atoms with van der Waals surface area (Å²) in [6.07, 6.45) is 51.8. The topological polar surface area (TPSA) is 80.3 Å². The van der Waals surface area contributed by atoms with Gasteiger partial charge in [-0.3, -0.25) is 8.42 Å². The molecule has 0 atom stereocenters. The highest BCUT2D eigenvalue weighted by molar-refractivity contribution is 7.79. The van der Waals surface area contributed by atoms with Crippen LogP contribution in [-0.2, 0) is 10.4 Å². The van der Waals surface area contributed by atoms with Gasteiger partial charge in [0.05, 0.1) is 55.4 Å². The van der Waals surface area contributed by atoms with E-state index < -0.39 is 10.4 Å². The van der Waals surface area contributed by atoms with Crippen LogP contribution < -0.4 is 0 Å². The van der Waals surface area contributed by atoms with E-state index in [4.69, 9.17) is 17.5 Å². The summed E-state index contributed by atoms with van der Waals surface area (Å²) in [5, 5.41) is 0. The highest BCUT2D eigenvalue weighted by atomic mass is 32.3. The summed E-state index contributed by atoms with van der Waals surface area (Å²) >= 11 is 0. The van der Waals surface area contributed by atoms with Crippen LogP contribution in [0.25, 0.3) is 0 Å². The molecule has 0 fully saturated rings. The molecule has 7 heteroatoms. The molecule has 6 nitrogen and oxygen atoms in total. The zero-order valence-corrected chi connectivity index (χ0v) is 36.7. The number of hydrogen-bond acceptors (Lipinski definition) is 4. The van der Waals surface area contributed by atoms with Crippen molar-refractivity contribution in [2.24, 2.45) is 0 Å². The predicted molar refractivity (Wildman–Crippen MR) is 224 cm³/mol. The molecule has 0 saturated carbocycles. The highest BCUT2D eigenvalue weighted by Gasteiger charge is 2.06. The number of unbranched alkanes of at least 4 members (excludes halogenated alkanes) is 26. The average Bonchev–Trinajstić information content (AvgIpc) is 3.02. The minimum Gasteiger partial charge on any atom is -0.759 e. The van der Waals surface area contributed by atoms with Crippen LogP contribution in [0.4, 0.5) is 0 Å². The molecule has 0 N–H and O–H groups in total. The van der Waals surface area contributed by atoms with Gasteiger partial charge in [-0.25, -0.2) is 0 Å². The molecule has 0 aliphatic rings. The van der Waals surface area contributed by atoms with E-state index in [0.29, 0.717) is 0 Å². The largest absolute Gasteiger partial charge is 0.759 e. The van der Waals surface area contributed by atoms with Crippen molar-refractivity contribution in [3.05, 3.63) is 24.3 Å². The Kier molecular flexibility index (Phi) is 43.3. The van der Waals surface area contributed by atoms with Crippen molar-refractivity contribution in [2.75, 3.05) is 55.4 Å². The first-order valence-electron chi connectivity index (χ1n) is 21.7. The second-order valence-electron chi connectivity index (χ2n) is 17.0. The summed E-state index contributed by atoms with van der Waals surface area (Å²) < 4.78 is 36.3. The van der Waals surface area contributed by atoms with Crippen LogP contribution in [0.5, 0.6) is 0 Å². The molecule has 0 amide bonds. The van der Waals surface area contributed by atoms with Crippen molar-refractivity contribution in [1.29, 1.82) is 0 Å². The van der Waals surface area contributed by atoms with Gasteiger partial charge in [0.15, 0.2) is 0 Å². The van der Waals surface area contributed by atoms with Gasteiger partial charge in [-0.05, 0) is 77.0 Å². The van der Waals surface area contributed by atoms with Crippen molar-refractivity contribution in [1.82, 2.24) is 0 Å². The van der Waals surface area contributed by atoms with Gasteiger partial charge in [0.2, 0.25) is 0 Å². The lowest BCUT2D eigenvalue weighted by molar-refractivity contribution is -0.870. The normalized spacial score (nSPS) is 12.3. The molecular formula is C44H92N2O4S. The number of quaternary nitrogens is 2. The van der Waals surface area contributed by atoms with Gasteiger partial charge in [-0.2, -0.15) is 0 Å². The first-order valence-corrected chi connectivity index (χ1v) is 23.0. The molecule has 308 valence electrons. The maximum Gasteiger partial charge on any atom is 0.0780 e. The molecule has 0 aliphatic heterocycles. The first-order chi connectivity index (χ1) is 24.1. The van der Waals surface area contributed by atoms with Crippen molar-refractivity contribution in [3.8, 4) is 0 Å². The number of rotatable bonds is 34. The van der Waals surface area contributed by atoms with Crippen LogP contribution in [0.15, 0.2) is 24.3 Å². The highest BCUT2D eigenvalue weighted by Crippen LogP contribution is 2.13. The summed E-state index contributed by atoms with van der Waals surface area (Å²) in [7, 11) is 8.58. The van der Waals surface area contributed by atoms with Gasteiger partial charge in [-0.1, -0.05) is 154 Å². The monoisotopic (exact) mass is 745 g/mol. The zero-order valence-electron chi connectivity index (χ0n) is 35.9. The molecule has 0 aliphatic carbocycles. The summed E-state index contributed by atoms with van der Waals surface area (Å²) in [5.74, 6) is 0. The molecule has 0 aromatic rings. The lowest BCUT2D eigenvalue weighted by Crippen LogP contribution is -2.35. The fourth-order valence-corrected chi connectivity index (χ4v) is 6.02. The molecule has 0 rings (SSSR count). The molecule has 0 aromatic carbocycles. The van der Waals surface area contributed by atoms with Crippen LogP contribution >= 0.6 is 0 Å². The van der Waals surface area contributed by atoms with E-state index in [9.17, 15) is 0 Å². The number of nitrogens with zero attached hydrogens (tertiary/aromatic N) is 2. The Hall–Kier alpha value is -0.730. The van der Waals surface area contributed by atoms with Crippen LogP contribution in [0.2, 0.25) is 0 Å². The lowest BCUT2D eigenvalue weighted by atomic mass is 10.1. The lowest BCUT2D eigenvalue weighted by Gasteiger charge is -2.23. The molecule has 0 heterocycles. The third-order valence-corrected chi connectivity index (χ3v) is 9.18. The van der Waals surface area contributed by atoms with Crippen LogP contribution in [0.1, 0.15) is 206 Å². The predicted octanol–water partition coefficient (Wildman–Crippen LogP) is 12.9. The van der Waals surface area contributed by atoms with Crippen molar-refractivity contribution < 1.29 is 26.5 Å². The maximum absolute atomic E-state index is 8.52. The van der Waals surface area contributed by atoms with Crippen LogP contribution in [0, 0.1) is 0 Å². The Labute approximate surface area is 322 Å². The van der Waals surface area contributed by atoms with E-state index in [2.05, 4.69) is 80.4 Å². The summed E-state index contributed by atoms with van der Waals surface area (Å²) in [6.45, 7) is 7.22. The number of allylic oxidation sites excluding steroid dienone is 4. The maximum atomic E-state index is 8.52. The molecular weight excluding hydrogens is 653 g/mol.